The van der Waals surface area contributed by atoms with Crippen molar-refractivity contribution >= 4 is 29.9 Å². The summed E-state index contributed by atoms with van der Waals surface area (Å²) < 4.78 is 0. The Morgan fingerprint density at radius 2 is 2.00 bits per heavy atom. The van der Waals surface area contributed by atoms with E-state index in [9.17, 15) is 4.79 Å². The molecule has 1 aromatic carbocycles. The lowest BCUT2D eigenvalue weighted by molar-refractivity contribution is 0.0773. The number of nitrogens with one attached hydrogen (secondary N) is 1. The molecule has 1 atom stereocenters. The maximum atomic E-state index is 12.7. The monoisotopic (exact) mass is 343 g/mol. The maximum Gasteiger partial charge on any atom is 0.255 e. The van der Waals surface area contributed by atoms with Gasteiger partial charge in [-0.3, -0.25) is 9.69 Å². The van der Waals surface area contributed by atoms with Crippen LogP contribution in [0.2, 0.25) is 5.02 Å². The molecule has 2 aliphatic heterocycles. The van der Waals surface area contributed by atoms with E-state index in [-0.39, 0.29) is 18.3 Å². The largest absolute Gasteiger partial charge is 0.337 e. The van der Waals surface area contributed by atoms with Gasteiger partial charge in [0, 0.05) is 45.3 Å². The van der Waals surface area contributed by atoms with Crippen LogP contribution >= 0.6 is 24.0 Å². The highest BCUT2D eigenvalue weighted by atomic mass is 35.5. The van der Waals surface area contributed by atoms with Crippen LogP contribution < -0.4 is 5.32 Å². The third-order valence-corrected chi connectivity index (χ3v) is 5.04. The summed E-state index contributed by atoms with van der Waals surface area (Å²) in [6.07, 6.45) is 1.06. The molecule has 0 bridgehead atoms. The van der Waals surface area contributed by atoms with Gasteiger partial charge in [-0.1, -0.05) is 23.7 Å². The summed E-state index contributed by atoms with van der Waals surface area (Å²) in [5.74, 6) is 0.0707. The fourth-order valence-corrected chi connectivity index (χ4v) is 3.46. The molecular weight excluding hydrogens is 321 g/mol. The molecule has 3 rings (SSSR count). The number of aryl methyl sites for hydroxylation is 1. The Bertz CT molecular complexity index is 532. The van der Waals surface area contributed by atoms with Crippen molar-refractivity contribution in [1.82, 2.24) is 15.1 Å². The van der Waals surface area contributed by atoms with Gasteiger partial charge in [-0.25, -0.2) is 0 Å². The van der Waals surface area contributed by atoms with E-state index in [1.807, 2.05) is 30.0 Å². The average molecular weight is 344 g/mol. The predicted octanol–water partition coefficient (Wildman–Crippen LogP) is 2.19. The van der Waals surface area contributed by atoms with Gasteiger partial charge < -0.3 is 10.2 Å². The zero-order chi connectivity index (χ0) is 14.8. The molecule has 2 fully saturated rings. The fourth-order valence-electron chi connectivity index (χ4n) is 3.25. The van der Waals surface area contributed by atoms with Gasteiger partial charge in [0.05, 0.1) is 10.6 Å². The van der Waals surface area contributed by atoms with E-state index >= 15 is 0 Å². The van der Waals surface area contributed by atoms with Gasteiger partial charge in [0.15, 0.2) is 0 Å². The van der Waals surface area contributed by atoms with Crippen LogP contribution in [0.5, 0.6) is 0 Å². The normalized spacial score (nSPS) is 22.5. The number of hydrogen-bond acceptors (Lipinski definition) is 3. The number of rotatable bonds is 2. The molecular formula is C16H23Cl2N3O. The number of carbonyl (C=O) groups excluding carboxylic acids is 1. The van der Waals surface area contributed by atoms with Crippen molar-refractivity contribution in [3.8, 4) is 0 Å². The van der Waals surface area contributed by atoms with Gasteiger partial charge in [0.1, 0.15) is 0 Å². The minimum absolute atomic E-state index is 0. The van der Waals surface area contributed by atoms with Crippen LogP contribution in [0.4, 0.5) is 0 Å². The Morgan fingerprint density at radius 3 is 2.73 bits per heavy atom. The first-order valence-electron chi connectivity index (χ1n) is 7.66. The molecule has 0 aliphatic carbocycles. The third-order valence-electron chi connectivity index (χ3n) is 4.54. The lowest BCUT2D eigenvalue weighted by Gasteiger charge is -2.32. The number of nitrogens with zero attached hydrogens (tertiary/aromatic N) is 2. The fraction of sp³-hybridized carbons (Fsp3) is 0.562. The number of amides is 1. The molecule has 2 aliphatic rings. The number of likely N-dealkylation sites (tertiary alicyclic amines) is 1. The minimum Gasteiger partial charge on any atom is -0.337 e. The highest BCUT2D eigenvalue weighted by Crippen LogP contribution is 2.24. The van der Waals surface area contributed by atoms with Gasteiger partial charge in [0.25, 0.3) is 5.91 Å². The lowest BCUT2D eigenvalue weighted by Crippen LogP contribution is -2.49. The van der Waals surface area contributed by atoms with Crippen molar-refractivity contribution in [2.45, 2.75) is 19.4 Å². The Kier molecular flexibility index (Phi) is 6.09. The molecule has 122 valence electrons. The molecule has 0 aromatic heterocycles. The molecule has 2 saturated heterocycles. The minimum atomic E-state index is 0. The molecule has 0 spiro atoms. The number of carbonyl (C=O) groups is 1. The second-order valence-corrected chi connectivity index (χ2v) is 6.29. The molecule has 1 unspecified atom stereocenters. The van der Waals surface area contributed by atoms with E-state index in [2.05, 4.69) is 10.2 Å². The Hall–Kier alpha value is -0.810. The summed E-state index contributed by atoms with van der Waals surface area (Å²) in [6.45, 7) is 7.85. The highest BCUT2D eigenvalue weighted by molar-refractivity contribution is 6.34. The maximum absolute atomic E-state index is 12.7. The van der Waals surface area contributed by atoms with Crippen LogP contribution in [0, 0.1) is 6.92 Å². The molecule has 2 heterocycles. The number of benzene rings is 1. The van der Waals surface area contributed by atoms with E-state index in [4.69, 9.17) is 11.6 Å². The van der Waals surface area contributed by atoms with E-state index in [1.165, 1.54) is 0 Å². The number of hydrogen-bond donors (Lipinski definition) is 1. The van der Waals surface area contributed by atoms with Crippen molar-refractivity contribution in [2.24, 2.45) is 0 Å². The summed E-state index contributed by atoms with van der Waals surface area (Å²) in [4.78, 5) is 17.1. The first-order chi connectivity index (χ1) is 10.2. The molecule has 1 aromatic rings. The lowest BCUT2D eigenvalue weighted by atomic mass is 10.1. The van der Waals surface area contributed by atoms with Crippen LogP contribution in [0.1, 0.15) is 22.3 Å². The van der Waals surface area contributed by atoms with Gasteiger partial charge >= 0.3 is 0 Å². The van der Waals surface area contributed by atoms with Crippen molar-refractivity contribution in [3.05, 3.63) is 34.3 Å². The van der Waals surface area contributed by atoms with E-state index in [0.29, 0.717) is 16.6 Å². The molecule has 1 N–H and O–H groups in total. The number of halogens is 2. The van der Waals surface area contributed by atoms with Gasteiger partial charge in [-0.05, 0) is 25.0 Å². The van der Waals surface area contributed by atoms with E-state index in [1.54, 1.807) is 0 Å². The molecule has 6 heteroatoms. The second-order valence-electron chi connectivity index (χ2n) is 5.92. The van der Waals surface area contributed by atoms with Gasteiger partial charge in [0.2, 0.25) is 0 Å². The molecule has 4 nitrogen and oxygen atoms in total. The summed E-state index contributed by atoms with van der Waals surface area (Å²) in [5, 5.41) is 3.96. The zero-order valence-corrected chi connectivity index (χ0v) is 14.4. The standard InChI is InChI=1S/C16H22ClN3O.ClH/c1-12-3-2-4-14(15(12)17)16(21)20-8-5-13(11-20)19-9-6-18-7-10-19;/h2-4,13,18H,5-11H2,1H3;1H. The van der Waals surface area contributed by atoms with E-state index < -0.39 is 0 Å². The van der Waals surface area contributed by atoms with Crippen molar-refractivity contribution in [3.63, 3.8) is 0 Å². The third kappa shape index (κ3) is 3.57. The summed E-state index contributed by atoms with van der Waals surface area (Å²) in [6, 6.07) is 6.17. The van der Waals surface area contributed by atoms with Crippen LogP contribution in [0.15, 0.2) is 18.2 Å². The number of piperazine rings is 1. The Labute approximate surface area is 143 Å². The Morgan fingerprint density at radius 1 is 1.27 bits per heavy atom. The SMILES string of the molecule is Cc1cccc(C(=O)N2CCC(N3CCNCC3)C2)c1Cl.Cl. The predicted molar refractivity (Wildman–Crippen MR) is 92.2 cm³/mol. The van der Waals surface area contributed by atoms with Crippen LogP contribution in [0.3, 0.4) is 0 Å². The van der Waals surface area contributed by atoms with Gasteiger partial charge in [-0.2, -0.15) is 0 Å². The van der Waals surface area contributed by atoms with E-state index in [0.717, 1.165) is 51.3 Å². The van der Waals surface area contributed by atoms with Crippen molar-refractivity contribution < 1.29 is 4.79 Å². The summed E-state index contributed by atoms with van der Waals surface area (Å²) in [7, 11) is 0. The first kappa shape index (κ1) is 17.5. The summed E-state index contributed by atoms with van der Waals surface area (Å²) >= 11 is 6.29. The topological polar surface area (TPSA) is 35.6 Å². The molecule has 0 saturated carbocycles. The van der Waals surface area contributed by atoms with Crippen molar-refractivity contribution in [1.29, 1.82) is 0 Å². The zero-order valence-electron chi connectivity index (χ0n) is 12.8. The van der Waals surface area contributed by atoms with Crippen LogP contribution in [-0.2, 0) is 0 Å². The molecule has 22 heavy (non-hydrogen) atoms. The second kappa shape index (κ2) is 7.64. The molecule has 0 radical (unpaired) electrons. The highest BCUT2D eigenvalue weighted by Gasteiger charge is 2.31. The van der Waals surface area contributed by atoms with Gasteiger partial charge in [-0.15, -0.1) is 12.4 Å². The Balaban J connectivity index is 0.00000176. The first-order valence-corrected chi connectivity index (χ1v) is 8.04. The quantitative estimate of drug-likeness (QED) is 0.893. The van der Waals surface area contributed by atoms with Crippen LogP contribution in [-0.4, -0.2) is 61.0 Å². The van der Waals surface area contributed by atoms with Crippen LogP contribution in [0.25, 0.3) is 0 Å². The summed E-state index contributed by atoms with van der Waals surface area (Å²) in [5.41, 5.74) is 1.60. The molecule has 1 amide bonds. The van der Waals surface area contributed by atoms with Crippen molar-refractivity contribution in [2.75, 3.05) is 39.3 Å². The average Bonchev–Trinajstić information content (AvgIpc) is 3.00. The smallest absolute Gasteiger partial charge is 0.255 e.